The van der Waals surface area contributed by atoms with Crippen LogP contribution in [0.2, 0.25) is 0 Å². The van der Waals surface area contributed by atoms with Crippen LogP contribution in [0.25, 0.3) is 11.3 Å². The molecule has 1 aromatic carbocycles. The minimum absolute atomic E-state index is 0.0358. The maximum atomic E-state index is 5.65. The summed E-state index contributed by atoms with van der Waals surface area (Å²) in [5, 5.41) is 0. The van der Waals surface area contributed by atoms with E-state index in [1.807, 2.05) is 30.5 Å². The average molecular weight is 259 g/mol. The number of ether oxygens (including phenoxy) is 1. The molecule has 0 saturated heterocycles. The third-order valence-corrected chi connectivity index (χ3v) is 3.37. The summed E-state index contributed by atoms with van der Waals surface area (Å²) in [6.45, 7) is 4.95. The fourth-order valence-electron chi connectivity index (χ4n) is 2.08. The Kier molecular flexibility index (Phi) is 3.90. The van der Waals surface area contributed by atoms with E-state index in [0.29, 0.717) is 6.54 Å². The second kappa shape index (κ2) is 5.45. The number of aromatic nitrogens is 2. The zero-order valence-electron chi connectivity index (χ0n) is 11.7. The summed E-state index contributed by atoms with van der Waals surface area (Å²) in [4.78, 5) is 7.87. The van der Waals surface area contributed by atoms with Gasteiger partial charge in [-0.3, -0.25) is 0 Å². The lowest BCUT2D eigenvalue weighted by atomic mass is 9.88. The first-order chi connectivity index (χ1) is 9.06. The molecular weight excluding hydrogens is 238 g/mol. The molecule has 102 valence electrons. The van der Waals surface area contributed by atoms with Crippen molar-refractivity contribution in [2.75, 3.05) is 13.7 Å². The smallest absolute Gasteiger partial charge is 0.119 e. The number of aromatic amines is 1. The summed E-state index contributed by atoms with van der Waals surface area (Å²) in [5.74, 6) is 1.81. The van der Waals surface area contributed by atoms with Gasteiger partial charge in [-0.05, 0) is 25.1 Å². The maximum Gasteiger partial charge on any atom is 0.119 e. The van der Waals surface area contributed by atoms with Gasteiger partial charge in [0.1, 0.15) is 11.6 Å². The molecule has 0 aliphatic heterocycles. The highest BCUT2D eigenvalue weighted by Crippen LogP contribution is 2.27. The van der Waals surface area contributed by atoms with Crippen molar-refractivity contribution in [2.24, 2.45) is 5.73 Å². The van der Waals surface area contributed by atoms with Crippen LogP contribution in [-0.4, -0.2) is 23.6 Å². The molecule has 1 heterocycles. The van der Waals surface area contributed by atoms with Gasteiger partial charge >= 0.3 is 0 Å². The van der Waals surface area contributed by atoms with Crippen molar-refractivity contribution in [2.45, 2.75) is 25.7 Å². The Morgan fingerprint density at radius 2 is 2.16 bits per heavy atom. The molecule has 0 atom stereocenters. The van der Waals surface area contributed by atoms with Gasteiger partial charge in [-0.15, -0.1) is 0 Å². The zero-order chi connectivity index (χ0) is 13.9. The van der Waals surface area contributed by atoms with Gasteiger partial charge < -0.3 is 15.5 Å². The molecule has 0 aliphatic rings. The fraction of sp³-hybridized carbons (Fsp3) is 0.400. The van der Waals surface area contributed by atoms with E-state index in [2.05, 4.69) is 23.8 Å². The molecule has 0 radical (unpaired) electrons. The van der Waals surface area contributed by atoms with E-state index >= 15 is 0 Å². The number of methoxy groups -OCH3 is 1. The molecule has 2 rings (SSSR count). The minimum atomic E-state index is -0.0358. The Bertz CT molecular complexity index is 546. The number of hydrogen-bond donors (Lipinski definition) is 2. The normalized spacial score (nSPS) is 11.6. The Hall–Kier alpha value is -1.81. The second-order valence-corrected chi connectivity index (χ2v) is 5.30. The van der Waals surface area contributed by atoms with Crippen LogP contribution in [0.1, 0.15) is 26.1 Å². The predicted molar refractivity (Wildman–Crippen MR) is 77.3 cm³/mol. The van der Waals surface area contributed by atoms with E-state index < -0.39 is 0 Å². The van der Waals surface area contributed by atoms with Gasteiger partial charge in [0.2, 0.25) is 0 Å². The van der Waals surface area contributed by atoms with Gasteiger partial charge in [-0.1, -0.05) is 26.0 Å². The molecular formula is C15H21N3O. The molecule has 4 heteroatoms. The lowest BCUT2D eigenvalue weighted by molar-refractivity contribution is 0.415. The number of nitrogens with two attached hydrogens (primary N) is 1. The van der Waals surface area contributed by atoms with Crippen molar-refractivity contribution in [3.63, 3.8) is 0 Å². The molecule has 0 unspecified atom stereocenters. The van der Waals surface area contributed by atoms with Crippen LogP contribution in [-0.2, 0) is 5.41 Å². The van der Waals surface area contributed by atoms with Crippen molar-refractivity contribution in [3.05, 3.63) is 36.3 Å². The summed E-state index contributed by atoms with van der Waals surface area (Å²) < 4.78 is 5.24. The second-order valence-electron chi connectivity index (χ2n) is 5.30. The predicted octanol–water partition coefficient (Wildman–Crippen LogP) is 2.71. The van der Waals surface area contributed by atoms with Crippen molar-refractivity contribution < 1.29 is 4.74 Å². The zero-order valence-corrected chi connectivity index (χ0v) is 11.7. The number of H-pyrrole nitrogens is 1. The molecule has 0 saturated carbocycles. The quantitative estimate of drug-likeness (QED) is 0.867. The average Bonchev–Trinajstić information content (AvgIpc) is 2.89. The lowest BCUT2D eigenvalue weighted by Gasteiger charge is -2.20. The van der Waals surface area contributed by atoms with Crippen LogP contribution in [0.3, 0.4) is 0 Å². The van der Waals surface area contributed by atoms with Crippen LogP contribution < -0.4 is 10.5 Å². The van der Waals surface area contributed by atoms with Crippen molar-refractivity contribution >= 4 is 0 Å². The third kappa shape index (κ3) is 2.96. The minimum Gasteiger partial charge on any atom is -0.497 e. The molecule has 0 amide bonds. The van der Waals surface area contributed by atoms with Crippen molar-refractivity contribution in [3.8, 4) is 17.0 Å². The lowest BCUT2D eigenvalue weighted by Crippen LogP contribution is -2.23. The van der Waals surface area contributed by atoms with E-state index in [1.54, 1.807) is 7.11 Å². The van der Waals surface area contributed by atoms with Gasteiger partial charge in [-0.2, -0.15) is 0 Å². The summed E-state index contributed by atoms with van der Waals surface area (Å²) in [6.07, 6.45) is 2.76. The summed E-state index contributed by atoms with van der Waals surface area (Å²) in [5.41, 5.74) is 7.68. The van der Waals surface area contributed by atoms with Crippen LogP contribution in [0.5, 0.6) is 5.75 Å². The first-order valence-corrected chi connectivity index (χ1v) is 6.47. The van der Waals surface area contributed by atoms with Crippen LogP contribution in [0, 0.1) is 0 Å². The third-order valence-electron chi connectivity index (χ3n) is 3.37. The number of benzene rings is 1. The highest BCUT2D eigenvalue weighted by atomic mass is 16.5. The van der Waals surface area contributed by atoms with E-state index in [9.17, 15) is 0 Å². The maximum absolute atomic E-state index is 5.65. The van der Waals surface area contributed by atoms with Gasteiger partial charge in [0.05, 0.1) is 19.0 Å². The van der Waals surface area contributed by atoms with E-state index in [1.165, 1.54) is 0 Å². The number of nitrogens with one attached hydrogen (secondary N) is 1. The van der Waals surface area contributed by atoms with E-state index in [4.69, 9.17) is 10.5 Å². The van der Waals surface area contributed by atoms with Crippen LogP contribution in [0.15, 0.2) is 30.5 Å². The van der Waals surface area contributed by atoms with Crippen LogP contribution >= 0.6 is 0 Å². The molecule has 1 aromatic heterocycles. The van der Waals surface area contributed by atoms with Gasteiger partial charge in [0.25, 0.3) is 0 Å². The molecule has 2 aromatic rings. The van der Waals surface area contributed by atoms with E-state index in [0.717, 1.165) is 29.3 Å². The van der Waals surface area contributed by atoms with Gasteiger partial charge in [0, 0.05) is 11.0 Å². The number of nitrogens with zero attached hydrogens (tertiary/aromatic N) is 1. The van der Waals surface area contributed by atoms with E-state index in [-0.39, 0.29) is 5.41 Å². The Labute approximate surface area is 114 Å². The van der Waals surface area contributed by atoms with Gasteiger partial charge in [0.15, 0.2) is 0 Å². The largest absolute Gasteiger partial charge is 0.497 e. The molecule has 0 spiro atoms. The molecule has 0 bridgehead atoms. The number of imidazole rings is 1. The highest BCUT2D eigenvalue weighted by molar-refractivity contribution is 5.60. The monoisotopic (exact) mass is 259 g/mol. The number of rotatable bonds is 5. The topological polar surface area (TPSA) is 63.9 Å². The van der Waals surface area contributed by atoms with Gasteiger partial charge in [-0.25, -0.2) is 4.98 Å². The Balaban J connectivity index is 2.30. The summed E-state index contributed by atoms with van der Waals surface area (Å²) in [6, 6.07) is 7.93. The first kappa shape index (κ1) is 13.6. The fourth-order valence-corrected chi connectivity index (χ4v) is 2.08. The summed E-state index contributed by atoms with van der Waals surface area (Å²) >= 11 is 0. The molecule has 3 N–H and O–H groups in total. The van der Waals surface area contributed by atoms with Crippen molar-refractivity contribution in [1.29, 1.82) is 0 Å². The molecule has 0 aliphatic carbocycles. The van der Waals surface area contributed by atoms with Crippen molar-refractivity contribution in [1.82, 2.24) is 9.97 Å². The highest BCUT2D eigenvalue weighted by Gasteiger charge is 2.23. The molecule has 4 nitrogen and oxygen atoms in total. The first-order valence-electron chi connectivity index (χ1n) is 6.47. The Morgan fingerprint density at radius 1 is 1.37 bits per heavy atom. The standard InChI is InChI=1S/C15H21N3O/c1-15(2,7-8-16)14-17-10-13(18-14)11-5-4-6-12(9-11)19-3/h4-6,9-10H,7-8,16H2,1-3H3,(H,17,18). The Morgan fingerprint density at radius 3 is 2.84 bits per heavy atom. The molecule has 0 fully saturated rings. The SMILES string of the molecule is COc1cccc(-c2cnc(C(C)(C)CCN)[nH]2)c1. The summed E-state index contributed by atoms with van der Waals surface area (Å²) in [7, 11) is 1.67. The molecule has 19 heavy (non-hydrogen) atoms. The van der Waals surface area contributed by atoms with Crippen LogP contribution in [0.4, 0.5) is 0 Å². The number of hydrogen-bond acceptors (Lipinski definition) is 3.